The van der Waals surface area contributed by atoms with E-state index in [4.69, 9.17) is 4.74 Å². The van der Waals surface area contributed by atoms with Crippen LogP contribution in [0.15, 0.2) is 30.3 Å². The van der Waals surface area contributed by atoms with Crippen molar-refractivity contribution in [2.75, 3.05) is 13.2 Å². The van der Waals surface area contributed by atoms with E-state index in [1.807, 2.05) is 0 Å². The van der Waals surface area contributed by atoms with Gasteiger partial charge in [-0.05, 0) is 19.1 Å². The summed E-state index contributed by atoms with van der Waals surface area (Å²) in [7, 11) is 0. The molecule has 0 aliphatic heterocycles. The molecule has 1 aromatic rings. The Labute approximate surface area is 119 Å². The number of rotatable bonds is 7. The van der Waals surface area contributed by atoms with Crippen LogP contribution in [0.1, 0.15) is 13.3 Å². The highest BCUT2D eigenvalue weighted by molar-refractivity contribution is 6.01. The zero-order valence-corrected chi connectivity index (χ0v) is 11.4. The van der Waals surface area contributed by atoms with Crippen molar-refractivity contribution in [2.24, 2.45) is 5.92 Å². The van der Waals surface area contributed by atoms with Crippen molar-refractivity contribution in [3.05, 3.63) is 30.3 Å². The lowest BCUT2D eigenvalue weighted by atomic mass is 10.0. The van der Waals surface area contributed by atoms with Crippen molar-refractivity contribution >= 4 is 11.8 Å². The lowest BCUT2D eigenvalue weighted by molar-refractivity contribution is -0.181. The van der Waals surface area contributed by atoms with Gasteiger partial charge in [0.1, 0.15) is 11.7 Å². The Morgan fingerprint density at radius 2 is 1.81 bits per heavy atom. The van der Waals surface area contributed by atoms with Crippen molar-refractivity contribution in [3.8, 4) is 5.75 Å². The average Bonchev–Trinajstić information content (AvgIpc) is 2.43. The minimum absolute atomic E-state index is 0.0972. The first kappa shape index (κ1) is 17.0. The predicted octanol–water partition coefficient (Wildman–Crippen LogP) is 2.77. The SMILES string of the molecule is CCOC(=O)C(CCOc1ccccc1)C(=O)C(F)(F)F. The largest absolute Gasteiger partial charge is 0.494 e. The molecule has 116 valence electrons. The molecule has 1 rings (SSSR count). The van der Waals surface area contributed by atoms with Crippen molar-refractivity contribution < 1.29 is 32.2 Å². The summed E-state index contributed by atoms with van der Waals surface area (Å²) in [6, 6.07) is 8.37. The predicted molar refractivity (Wildman–Crippen MR) is 67.7 cm³/mol. The van der Waals surface area contributed by atoms with Crippen LogP contribution in [-0.4, -0.2) is 31.1 Å². The minimum Gasteiger partial charge on any atom is -0.494 e. The smallest absolute Gasteiger partial charge is 0.450 e. The van der Waals surface area contributed by atoms with Gasteiger partial charge in [0.25, 0.3) is 5.78 Å². The summed E-state index contributed by atoms with van der Waals surface area (Å²) in [5.74, 6) is -4.75. The molecule has 1 atom stereocenters. The highest BCUT2D eigenvalue weighted by Gasteiger charge is 2.46. The Bertz CT molecular complexity index is 471. The third kappa shape index (κ3) is 5.45. The summed E-state index contributed by atoms with van der Waals surface area (Å²) in [6.45, 7) is 1.16. The molecule has 4 nitrogen and oxygen atoms in total. The summed E-state index contributed by atoms with van der Waals surface area (Å²) in [4.78, 5) is 22.7. The molecule has 0 radical (unpaired) electrons. The van der Waals surface area contributed by atoms with Crippen LogP contribution in [0.3, 0.4) is 0 Å². The monoisotopic (exact) mass is 304 g/mol. The Balaban J connectivity index is 2.65. The van der Waals surface area contributed by atoms with Crippen molar-refractivity contribution in [3.63, 3.8) is 0 Å². The first-order valence-corrected chi connectivity index (χ1v) is 6.31. The van der Waals surface area contributed by atoms with Gasteiger partial charge in [-0.2, -0.15) is 13.2 Å². The number of halogens is 3. The van der Waals surface area contributed by atoms with Crippen LogP contribution in [0.4, 0.5) is 13.2 Å². The van der Waals surface area contributed by atoms with Crippen molar-refractivity contribution in [1.82, 2.24) is 0 Å². The molecule has 0 saturated heterocycles. The first-order valence-electron chi connectivity index (χ1n) is 6.31. The fourth-order valence-corrected chi connectivity index (χ4v) is 1.61. The molecule has 0 amide bonds. The Morgan fingerprint density at radius 3 is 2.33 bits per heavy atom. The normalized spacial score (nSPS) is 12.6. The van der Waals surface area contributed by atoms with E-state index in [-0.39, 0.29) is 13.2 Å². The minimum atomic E-state index is -5.08. The van der Waals surface area contributed by atoms with Crippen molar-refractivity contribution in [1.29, 1.82) is 0 Å². The van der Waals surface area contributed by atoms with Gasteiger partial charge in [0, 0.05) is 6.42 Å². The molecule has 0 aromatic heterocycles. The summed E-state index contributed by atoms with van der Waals surface area (Å²) in [6.07, 6.45) is -5.48. The van der Waals surface area contributed by atoms with Gasteiger partial charge in [0.15, 0.2) is 0 Å². The van der Waals surface area contributed by atoms with E-state index < -0.39 is 30.3 Å². The van der Waals surface area contributed by atoms with Gasteiger partial charge in [-0.15, -0.1) is 0 Å². The van der Waals surface area contributed by atoms with Gasteiger partial charge in [0.2, 0.25) is 0 Å². The van der Waals surface area contributed by atoms with E-state index in [0.29, 0.717) is 5.75 Å². The number of carbonyl (C=O) groups excluding carboxylic acids is 2. The van der Waals surface area contributed by atoms with E-state index in [1.54, 1.807) is 30.3 Å². The Kier molecular flexibility index (Phi) is 6.20. The number of alkyl halides is 3. The molecule has 0 aliphatic rings. The second kappa shape index (κ2) is 7.66. The van der Waals surface area contributed by atoms with E-state index in [9.17, 15) is 22.8 Å². The molecule has 0 saturated carbocycles. The van der Waals surface area contributed by atoms with Gasteiger partial charge in [0.05, 0.1) is 13.2 Å². The molecule has 1 unspecified atom stereocenters. The topological polar surface area (TPSA) is 52.6 Å². The quantitative estimate of drug-likeness (QED) is 0.574. The summed E-state index contributed by atoms with van der Waals surface area (Å²) < 4.78 is 47.1. The highest BCUT2D eigenvalue weighted by Crippen LogP contribution is 2.24. The fourth-order valence-electron chi connectivity index (χ4n) is 1.61. The number of Topliss-reactive ketones (excluding diaryl/α,β-unsaturated/α-hetero) is 1. The standard InChI is InChI=1S/C14H15F3O4/c1-2-20-13(19)11(12(18)14(15,16)17)8-9-21-10-6-4-3-5-7-10/h3-7,11H,2,8-9H2,1H3. The zero-order chi connectivity index (χ0) is 15.9. The molecule has 0 aliphatic carbocycles. The second-order valence-corrected chi connectivity index (χ2v) is 4.12. The Morgan fingerprint density at radius 1 is 1.19 bits per heavy atom. The number of ether oxygens (including phenoxy) is 2. The lowest BCUT2D eigenvalue weighted by Gasteiger charge is -2.16. The Hall–Kier alpha value is -2.05. The molecule has 0 bridgehead atoms. The number of carbonyl (C=O) groups is 2. The molecular formula is C14H15F3O4. The van der Waals surface area contributed by atoms with Gasteiger partial charge < -0.3 is 9.47 Å². The maximum Gasteiger partial charge on any atom is 0.450 e. The molecule has 0 spiro atoms. The van der Waals surface area contributed by atoms with Gasteiger partial charge in [-0.25, -0.2) is 0 Å². The molecule has 0 N–H and O–H groups in total. The average molecular weight is 304 g/mol. The van der Waals surface area contributed by atoms with E-state index >= 15 is 0 Å². The van der Waals surface area contributed by atoms with E-state index in [0.717, 1.165) is 0 Å². The number of benzene rings is 1. The van der Waals surface area contributed by atoms with Crippen LogP contribution < -0.4 is 4.74 Å². The molecule has 0 fully saturated rings. The summed E-state index contributed by atoms with van der Waals surface area (Å²) >= 11 is 0. The van der Waals surface area contributed by atoms with Crippen LogP contribution in [0.5, 0.6) is 5.75 Å². The summed E-state index contributed by atoms with van der Waals surface area (Å²) in [5, 5.41) is 0. The van der Waals surface area contributed by atoms with Gasteiger partial charge >= 0.3 is 12.1 Å². The van der Waals surface area contributed by atoms with Crippen LogP contribution in [0, 0.1) is 5.92 Å². The van der Waals surface area contributed by atoms with E-state index in [1.165, 1.54) is 6.92 Å². The molecule has 0 heterocycles. The number of esters is 1. The number of hydrogen-bond donors (Lipinski definition) is 0. The maximum atomic E-state index is 12.5. The third-order valence-electron chi connectivity index (χ3n) is 2.59. The number of hydrogen-bond acceptors (Lipinski definition) is 4. The fraction of sp³-hybridized carbons (Fsp3) is 0.429. The molecule has 21 heavy (non-hydrogen) atoms. The molecule has 7 heteroatoms. The summed E-state index contributed by atoms with van der Waals surface area (Å²) in [5.41, 5.74) is 0. The maximum absolute atomic E-state index is 12.5. The van der Waals surface area contributed by atoms with Gasteiger partial charge in [-0.3, -0.25) is 9.59 Å². The third-order valence-corrected chi connectivity index (χ3v) is 2.59. The number of ketones is 1. The molecular weight excluding hydrogens is 289 g/mol. The van der Waals surface area contributed by atoms with Crippen LogP contribution in [0.2, 0.25) is 0 Å². The number of para-hydroxylation sites is 1. The highest BCUT2D eigenvalue weighted by atomic mass is 19.4. The lowest BCUT2D eigenvalue weighted by Crippen LogP contribution is -2.37. The van der Waals surface area contributed by atoms with Crippen LogP contribution in [-0.2, 0) is 14.3 Å². The van der Waals surface area contributed by atoms with E-state index in [2.05, 4.69) is 4.74 Å². The van der Waals surface area contributed by atoms with Crippen molar-refractivity contribution in [2.45, 2.75) is 19.5 Å². The van der Waals surface area contributed by atoms with Gasteiger partial charge in [-0.1, -0.05) is 18.2 Å². The second-order valence-electron chi connectivity index (χ2n) is 4.12. The zero-order valence-electron chi connectivity index (χ0n) is 11.4. The van der Waals surface area contributed by atoms with Crippen LogP contribution in [0.25, 0.3) is 0 Å². The van der Waals surface area contributed by atoms with Crippen LogP contribution >= 0.6 is 0 Å². The molecule has 1 aromatic carbocycles. The first-order chi connectivity index (χ1) is 9.86.